The summed E-state index contributed by atoms with van der Waals surface area (Å²) in [6, 6.07) is -0.237. The van der Waals surface area contributed by atoms with Crippen LogP contribution in [0.25, 0.3) is 0 Å². The number of aromatic amines is 1. The number of aromatic nitrogens is 3. The third-order valence-corrected chi connectivity index (χ3v) is 2.92. The highest BCUT2D eigenvalue weighted by atomic mass is 16.4. The first-order chi connectivity index (χ1) is 8.18. The Morgan fingerprint density at radius 1 is 1.53 bits per heavy atom. The molecule has 92 valence electrons. The molecule has 2 N–H and O–H groups in total. The maximum Gasteiger partial charge on any atom is 0.305 e. The number of carbonyl (C=O) groups is 2. The van der Waals surface area contributed by atoms with Crippen LogP contribution in [0, 0.1) is 0 Å². The van der Waals surface area contributed by atoms with Crippen LogP contribution >= 0.6 is 0 Å². The average molecular weight is 238 g/mol. The number of piperidine rings is 1. The van der Waals surface area contributed by atoms with E-state index in [1.165, 1.54) is 6.33 Å². The molecule has 1 unspecified atom stereocenters. The average Bonchev–Trinajstić information content (AvgIpc) is 2.81. The molecule has 1 aromatic rings. The van der Waals surface area contributed by atoms with Crippen molar-refractivity contribution in [3.63, 3.8) is 0 Å². The lowest BCUT2D eigenvalue weighted by Gasteiger charge is -2.34. The van der Waals surface area contributed by atoms with E-state index in [1.54, 1.807) is 4.90 Å². The quantitative estimate of drug-likeness (QED) is 0.787. The fourth-order valence-electron chi connectivity index (χ4n) is 2.13. The monoisotopic (exact) mass is 238 g/mol. The lowest BCUT2D eigenvalue weighted by molar-refractivity contribution is -0.138. The zero-order chi connectivity index (χ0) is 12.3. The SMILES string of the molecule is O=C(O)CC1CCCCN1C(=O)c1ncn[nH]1. The highest BCUT2D eigenvalue weighted by molar-refractivity contribution is 5.90. The van der Waals surface area contributed by atoms with Crippen LogP contribution in [0.15, 0.2) is 6.33 Å². The number of hydrogen-bond acceptors (Lipinski definition) is 4. The minimum atomic E-state index is -0.882. The topological polar surface area (TPSA) is 99.2 Å². The van der Waals surface area contributed by atoms with Crippen LogP contribution < -0.4 is 0 Å². The van der Waals surface area contributed by atoms with E-state index < -0.39 is 5.97 Å². The molecule has 2 rings (SSSR count). The number of likely N-dealkylation sites (tertiary alicyclic amines) is 1. The molecule has 1 amide bonds. The summed E-state index contributed by atoms with van der Waals surface area (Å²) in [4.78, 5) is 28.2. The lowest BCUT2D eigenvalue weighted by atomic mass is 9.99. The highest BCUT2D eigenvalue weighted by Gasteiger charge is 2.30. The van der Waals surface area contributed by atoms with Gasteiger partial charge in [-0.25, -0.2) is 4.98 Å². The molecule has 7 nitrogen and oxygen atoms in total. The van der Waals surface area contributed by atoms with Gasteiger partial charge in [0.2, 0.25) is 5.82 Å². The zero-order valence-corrected chi connectivity index (χ0v) is 9.30. The second-order valence-corrected chi connectivity index (χ2v) is 4.08. The van der Waals surface area contributed by atoms with Gasteiger partial charge in [-0.05, 0) is 19.3 Å². The van der Waals surface area contributed by atoms with Gasteiger partial charge in [-0.3, -0.25) is 14.7 Å². The molecule has 1 fully saturated rings. The van der Waals surface area contributed by atoms with Crippen LogP contribution in [0.3, 0.4) is 0 Å². The van der Waals surface area contributed by atoms with Gasteiger partial charge in [0.1, 0.15) is 6.33 Å². The number of nitrogens with zero attached hydrogens (tertiary/aromatic N) is 3. The van der Waals surface area contributed by atoms with Crippen molar-refractivity contribution in [2.45, 2.75) is 31.7 Å². The van der Waals surface area contributed by atoms with Crippen molar-refractivity contribution < 1.29 is 14.7 Å². The van der Waals surface area contributed by atoms with E-state index in [0.29, 0.717) is 6.54 Å². The van der Waals surface area contributed by atoms with Crippen molar-refractivity contribution in [2.24, 2.45) is 0 Å². The fraction of sp³-hybridized carbons (Fsp3) is 0.600. The maximum atomic E-state index is 12.1. The summed E-state index contributed by atoms with van der Waals surface area (Å²) in [6.07, 6.45) is 3.84. The van der Waals surface area contributed by atoms with Crippen molar-refractivity contribution in [2.75, 3.05) is 6.54 Å². The number of aliphatic carboxylic acids is 1. The Morgan fingerprint density at radius 3 is 3.00 bits per heavy atom. The Morgan fingerprint density at radius 2 is 2.35 bits per heavy atom. The third-order valence-electron chi connectivity index (χ3n) is 2.92. The number of amides is 1. The predicted molar refractivity (Wildman–Crippen MR) is 57.3 cm³/mol. The van der Waals surface area contributed by atoms with Crippen LogP contribution in [0.4, 0.5) is 0 Å². The highest BCUT2D eigenvalue weighted by Crippen LogP contribution is 2.21. The van der Waals surface area contributed by atoms with Gasteiger partial charge in [0.15, 0.2) is 0 Å². The minimum Gasteiger partial charge on any atom is -0.481 e. The fourth-order valence-corrected chi connectivity index (χ4v) is 2.13. The molecule has 0 saturated carbocycles. The molecule has 2 heterocycles. The Kier molecular flexibility index (Phi) is 3.36. The van der Waals surface area contributed by atoms with E-state index in [1.807, 2.05) is 0 Å². The Hall–Kier alpha value is -1.92. The van der Waals surface area contributed by atoms with Gasteiger partial charge in [-0.15, -0.1) is 0 Å². The van der Waals surface area contributed by atoms with E-state index >= 15 is 0 Å². The molecule has 1 saturated heterocycles. The molecule has 1 aromatic heterocycles. The molecule has 17 heavy (non-hydrogen) atoms. The van der Waals surface area contributed by atoms with Gasteiger partial charge in [0.25, 0.3) is 5.91 Å². The first-order valence-corrected chi connectivity index (χ1v) is 5.56. The van der Waals surface area contributed by atoms with Crippen LogP contribution in [0.2, 0.25) is 0 Å². The summed E-state index contributed by atoms with van der Waals surface area (Å²) in [6.45, 7) is 0.581. The molecule has 0 spiro atoms. The second-order valence-electron chi connectivity index (χ2n) is 4.08. The Labute approximate surface area is 97.8 Å². The molecule has 1 atom stereocenters. The number of carboxylic acid groups (broad SMARTS) is 1. The molecule has 0 radical (unpaired) electrons. The van der Waals surface area contributed by atoms with Crippen LogP contribution in [0.1, 0.15) is 36.3 Å². The second kappa shape index (κ2) is 4.94. The van der Waals surface area contributed by atoms with Gasteiger partial charge in [0.05, 0.1) is 6.42 Å². The number of nitrogens with one attached hydrogen (secondary N) is 1. The van der Waals surface area contributed by atoms with Crippen molar-refractivity contribution >= 4 is 11.9 Å². The molecular formula is C10H14N4O3. The molecule has 7 heteroatoms. The van der Waals surface area contributed by atoms with Crippen LogP contribution in [0.5, 0.6) is 0 Å². The van der Waals surface area contributed by atoms with Gasteiger partial charge >= 0.3 is 5.97 Å². The number of hydrogen-bond donors (Lipinski definition) is 2. The van der Waals surface area contributed by atoms with E-state index in [4.69, 9.17) is 5.11 Å². The van der Waals surface area contributed by atoms with E-state index in [2.05, 4.69) is 15.2 Å². The standard InChI is InChI=1S/C10H14N4O3/c15-8(16)5-7-3-1-2-4-14(7)10(17)9-11-6-12-13-9/h6-7H,1-5H2,(H,15,16)(H,11,12,13). The molecule has 0 bridgehead atoms. The number of H-pyrrole nitrogens is 1. The van der Waals surface area contributed by atoms with Crippen molar-refractivity contribution in [3.8, 4) is 0 Å². The molecule has 1 aliphatic heterocycles. The third kappa shape index (κ3) is 2.61. The Balaban J connectivity index is 2.10. The summed E-state index contributed by atoms with van der Waals surface area (Å²) < 4.78 is 0. The zero-order valence-electron chi connectivity index (χ0n) is 9.30. The summed E-state index contributed by atoms with van der Waals surface area (Å²) in [7, 11) is 0. The van der Waals surface area contributed by atoms with E-state index in [9.17, 15) is 9.59 Å². The van der Waals surface area contributed by atoms with Crippen molar-refractivity contribution in [1.82, 2.24) is 20.1 Å². The number of rotatable bonds is 3. The van der Waals surface area contributed by atoms with Crippen LogP contribution in [-0.4, -0.2) is 49.7 Å². The molecule has 0 aromatic carbocycles. The first-order valence-electron chi connectivity index (χ1n) is 5.56. The van der Waals surface area contributed by atoms with Crippen LogP contribution in [-0.2, 0) is 4.79 Å². The maximum absolute atomic E-state index is 12.1. The van der Waals surface area contributed by atoms with E-state index in [0.717, 1.165) is 19.3 Å². The lowest BCUT2D eigenvalue weighted by Crippen LogP contribution is -2.45. The van der Waals surface area contributed by atoms with Crippen molar-refractivity contribution in [3.05, 3.63) is 12.2 Å². The van der Waals surface area contributed by atoms with Gasteiger partial charge in [-0.1, -0.05) is 0 Å². The van der Waals surface area contributed by atoms with Gasteiger partial charge in [0, 0.05) is 12.6 Å². The molecular weight excluding hydrogens is 224 g/mol. The minimum absolute atomic E-state index is 0.0140. The summed E-state index contributed by atoms with van der Waals surface area (Å²) in [5, 5.41) is 15.0. The molecule has 0 aliphatic carbocycles. The smallest absolute Gasteiger partial charge is 0.305 e. The van der Waals surface area contributed by atoms with Crippen molar-refractivity contribution in [1.29, 1.82) is 0 Å². The largest absolute Gasteiger partial charge is 0.481 e. The molecule has 1 aliphatic rings. The summed E-state index contributed by atoms with van der Waals surface area (Å²) >= 11 is 0. The van der Waals surface area contributed by atoms with Gasteiger partial charge < -0.3 is 10.0 Å². The van der Waals surface area contributed by atoms with E-state index in [-0.39, 0.29) is 24.2 Å². The number of carbonyl (C=O) groups excluding carboxylic acids is 1. The summed E-state index contributed by atoms with van der Waals surface area (Å²) in [5.41, 5.74) is 0. The normalized spacial score (nSPS) is 20.2. The first kappa shape index (κ1) is 11.6. The van der Waals surface area contributed by atoms with Gasteiger partial charge in [-0.2, -0.15) is 5.10 Å². The number of carboxylic acids is 1. The Bertz CT molecular complexity index is 404. The predicted octanol–water partition coefficient (Wildman–Crippen LogP) is 0.274. The summed E-state index contributed by atoms with van der Waals surface area (Å²) in [5.74, 6) is -0.983.